The monoisotopic (exact) mass is 723 g/mol. The summed E-state index contributed by atoms with van der Waals surface area (Å²) in [5.74, 6) is -2.97. The summed E-state index contributed by atoms with van der Waals surface area (Å²) in [5, 5.41) is 42.3. The molecule has 4 aromatic rings. The van der Waals surface area contributed by atoms with Crippen LogP contribution in [0.3, 0.4) is 0 Å². The summed E-state index contributed by atoms with van der Waals surface area (Å²) in [5.41, 5.74) is 3.97. The van der Waals surface area contributed by atoms with E-state index in [4.69, 9.17) is 18.9 Å². The second kappa shape index (κ2) is 17.0. The molecular formula is C41H41NO11. The molecule has 2 aliphatic heterocycles. The van der Waals surface area contributed by atoms with Crippen LogP contribution in [0.4, 0.5) is 0 Å². The first kappa shape index (κ1) is 37.4. The predicted molar refractivity (Wildman–Crippen MR) is 190 cm³/mol. The molecule has 2 heterocycles. The maximum absolute atomic E-state index is 14.9. The second-order valence-corrected chi connectivity index (χ2v) is 12.8. The highest BCUT2D eigenvalue weighted by molar-refractivity contribution is 5.92. The molecule has 1 saturated heterocycles. The molecule has 53 heavy (non-hydrogen) atoms. The van der Waals surface area contributed by atoms with Crippen molar-refractivity contribution in [2.24, 2.45) is 0 Å². The molecule has 4 N–H and O–H groups in total. The third-order valence-electron chi connectivity index (χ3n) is 9.40. The summed E-state index contributed by atoms with van der Waals surface area (Å²) < 4.78 is 22.5. The largest absolute Gasteiger partial charge is 0.488 e. The minimum atomic E-state index is -1.95. The number of rotatable bonds is 12. The van der Waals surface area contributed by atoms with Crippen molar-refractivity contribution in [1.29, 1.82) is 0 Å². The fraction of sp³-hybridized carbons (Fsp3) is 0.293. The van der Waals surface area contributed by atoms with Gasteiger partial charge in [-0.05, 0) is 22.3 Å². The number of ether oxygens (including phenoxy) is 4. The molecule has 12 heteroatoms. The summed E-state index contributed by atoms with van der Waals surface area (Å²) in [7, 11) is 0. The quantitative estimate of drug-likeness (QED) is 0.125. The van der Waals surface area contributed by atoms with E-state index < -0.39 is 60.5 Å². The van der Waals surface area contributed by atoms with Crippen LogP contribution in [0.2, 0.25) is 0 Å². The molecule has 6 atom stereocenters. The Morgan fingerprint density at radius 2 is 1.45 bits per heavy atom. The average molecular weight is 724 g/mol. The normalized spacial score (nSPS) is 22.4. The van der Waals surface area contributed by atoms with Gasteiger partial charge in [-0.1, -0.05) is 116 Å². The molecule has 4 aromatic carbocycles. The summed E-state index contributed by atoms with van der Waals surface area (Å²) in [6, 6.07) is 29.8. The van der Waals surface area contributed by atoms with E-state index in [-0.39, 0.29) is 32.8 Å². The van der Waals surface area contributed by atoms with E-state index in [1.165, 1.54) is 11.0 Å². The van der Waals surface area contributed by atoms with Gasteiger partial charge >= 0.3 is 11.9 Å². The minimum Gasteiger partial charge on any atom is -0.488 e. The molecular weight excluding hydrogens is 682 g/mol. The van der Waals surface area contributed by atoms with Gasteiger partial charge in [0.2, 0.25) is 12.2 Å². The van der Waals surface area contributed by atoms with Crippen LogP contribution in [0.25, 0.3) is 0 Å². The highest BCUT2D eigenvalue weighted by atomic mass is 16.7. The number of nitrogens with zero attached hydrogens (tertiary/aromatic N) is 1. The van der Waals surface area contributed by atoms with Gasteiger partial charge in [0, 0.05) is 24.1 Å². The number of carbonyl (C=O) groups excluding carboxylic acids is 3. The van der Waals surface area contributed by atoms with Gasteiger partial charge in [-0.2, -0.15) is 0 Å². The van der Waals surface area contributed by atoms with Crippen molar-refractivity contribution >= 4 is 17.8 Å². The number of carbonyl (C=O) groups is 3. The summed E-state index contributed by atoms with van der Waals surface area (Å²) >= 11 is 0. The van der Waals surface area contributed by atoms with Crippen molar-refractivity contribution in [2.45, 2.75) is 68.8 Å². The lowest BCUT2D eigenvalue weighted by Gasteiger charge is -2.41. The molecule has 12 nitrogen and oxygen atoms in total. The van der Waals surface area contributed by atoms with E-state index >= 15 is 0 Å². The number of benzene rings is 4. The first-order valence-electron chi connectivity index (χ1n) is 17.2. The van der Waals surface area contributed by atoms with E-state index in [2.05, 4.69) is 6.58 Å². The van der Waals surface area contributed by atoms with Crippen molar-refractivity contribution < 1.29 is 53.8 Å². The van der Waals surface area contributed by atoms with Gasteiger partial charge in [0.25, 0.3) is 0 Å². The highest BCUT2D eigenvalue weighted by Crippen LogP contribution is 2.38. The molecule has 0 spiro atoms. The fourth-order valence-electron chi connectivity index (χ4n) is 6.65. The van der Waals surface area contributed by atoms with E-state index in [1.54, 1.807) is 12.1 Å². The van der Waals surface area contributed by atoms with Gasteiger partial charge in [0.05, 0.1) is 12.5 Å². The Labute approximate surface area is 306 Å². The lowest BCUT2D eigenvalue weighted by molar-refractivity contribution is -0.288. The van der Waals surface area contributed by atoms with Gasteiger partial charge in [0.15, 0.2) is 6.10 Å². The van der Waals surface area contributed by atoms with Crippen LogP contribution in [-0.4, -0.2) is 86.5 Å². The fourth-order valence-corrected chi connectivity index (χ4v) is 6.65. The molecule has 0 aromatic heterocycles. The molecule has 0 aliphatic carbocycles. The Hall–Kier alpha value is -5.37. The molecule has 1 amide bonds. The van der Waals surface area contributed by atoms with E-state index in [1.807, 2.05) is 91.0 Å². The first-order chi connectivity index (χ1) is 25.7. The maximum Gasteiger partial charge on any atom is 0.338 e. The van der Waals surface area contributed by atoms with Gasteiger partial charge in [-0.15, -0.1) is 0 Å². The topological polar surface area (TPSA) is 172 Å². The van der Waals surface area contributed by atoms with E-state index in [0.29, 0.717) is 33.6 Å². The molecule has 1 unspecified atom stereocenters. The smallest absolute Gasteiger partial charge is 0.338 e. The number of hydrogen-bond donors (Lipinski definition) is 4. The Morgan fingerprint density at radius 1 is 0.830 bits per heavy atom. The van der Waals surface area contributed by atoms with Crippen molar-refractivity contribution in [3.05, 3.63) is 149 Å². The zero-order valence-electron chi connectivity index (χ0n) is 28.8. The van der Waals surface area contributed by atoms with E-state index in [0.717, 1.165) is 5.56 Å². The Kier molecular flexibility index (Phi) is 12.0. The Balaban J connectivity index is 1.38. The van der Waals surface area contributed by atoms with Gasteiger partial charge < -0.3 is 44.3 Å². The van der Waals surface area contributed by atoms with Crippen LogP contribution >= 0.6 is 0 Å². The highest BCUT2D eigenvalue weighted by Gasteiger charge is 2.50. The molecule has 0 saturated carbocycles. The Bertz CT molecular complexity index is 1850. The zero-order chi connectivity index (χ0) is 37.5. The third-order valence-corrected chi connectivity index (χ3v) is 9.40. The van der Waals surface area contributed by atoms with Crippen molar-refractivity contribution in [3.63, 3.8) is 0 Å². The Morgan fingerprint density at radius 3 is 2.06 bits per heavy atom. The SMILES string of the molecule is C=CCOC(=O)[C@H]1O[C@@H](OC(=O)C2Cc3c(ccc(CO)c3OCc3ccccc3)CN2C(=O)C(c2ccccc2)c2ccccc2)[C@H](O)[C@@H](O)[C@@H]1O. The standard InChI is InChI=1S/C41H41NO11/c1-2-20-50-40(49)37-34(45)33(44)35(46)41(52-37)53-39(48)31-21-30-28(18-19-29(23-43)36(30)51-24-25-12-6-3-7-13-25)22-42(31)38(47)32(26-14-8-4-9-15-26)27-16-10-5-11-17-27/h2-19,31-35,37,41,43-46H,1,20-24H2/t31?,33-,34-,35+,37-,41-/m0/s1. The van der Waals surface area contributed by atoms with Crippen LogP contribution in [0.1, 0.15) is 39.3 Å². The molecule has 6 rings (SSSR count). The molecule has 2 aliphatic rings. The summed E-state index contributed by atoms with van der Waals surface area (Å²) in [6.45, 7) is 3.00. The van der Waals surface area contributed by atoms with Crippen LogP contribution < -0.4 is 4.74 Å². The average Bonchev–Trinajstić information content (AvgIpc) is 3.19. The van der Waals surface area contributed by atoms with Gasteiger partial charge in [0.1, 0.15) is 43.3 Å². The number of amides is 1. The molecule has 0 radical (unpaired) electrons. The first-order valence-corrected chi connectivity index (χ1v) is 17.2. The van der Waals surface area contributed by atoms with Crippen LogP contribution in [0.5, 0.6) is 5.75 Å². The van der Waals surface area contributed by atoms with Crippen LogP contribution in [0.15, 0.2) is 116 Å². The summed E-state index contributed by atoms with van der Waals surface area (Å²) in [4.78, 5) is 43.3. The maximum atomic E-state index is 14.9. The predicted octanol–water partition coefficient (Wildman–Crippen LogP) is 2.92. The number of aliphatic hydroxyl groups is 4. The van der Waals surface area contributed by atoms with Crippen LogP contribution in [-0.2, 0) is 54.8 Å². The van der Waals surface area contributed by atoms with Gasteiger partial charge in [-0.25, -0.2) is 9.59 Å². The third kappa shape index (κ3) is 8.17. The zero-order valence-corrected chi connectivity index (χ0v) is 28.8. The molecule has 0 bridgehead atoms. The number of hydrogen-bond acceptors (Lipinski definition) is 11. The summed E-state index contributed by atoms with van der Waals surface area (Å²) in [6.07, 6.45) is -8.34. The van der Waals surface area contributed by atoms with Crippen molar-refractivity contribution in [1.82, 2.24) is 4.90 Å². The van der Waals surface area contributed by atoms with Crippen molar-refractivity contribution in [3.8, 4) is 5.75 Å². The lowest BCUT2D eigenvalue weighted by Crippen LogP contribution is -2.62. The second-order valence-electron chi connectivity index (χ2n) is 12.8. The van der Waals surface area contributed by atoms with E-state index in [9.17, 15) is 34.8 Å². The number of esters is 2. The number of aliphatic hydroxyl groups excluding tert-OH is 4. The number of fused-ring (bicyclic) bond motifs is 1. The van der Waals surface area contributed by atoms with Crippen molar-refractivity contribution in [2.75, 3.05) is 6.61 Å². The van der Waals surface area contributed by atoms with Gasteiger partial charge in [-0.3, -0.25) is 4.79 Å². The minimum absolute atomic E-state index is 0.0522. The lowest BCUT2D eigenvalue weighted by atomic mass is 9.86. The van der Waals surface area contributed by atoms with Crippen LogP contribution in [0, 0.1) is 0 Å². The molecule has 1 fully saturated rings. The molecule has 276 valence electrons.